The van der Waals surface area contributed by atoms with E-state index in [0.29, 0.717) is 13.1 Å². The number of anilines is 1. The highest BCUT2D eigenvalue weighted by Crippen LogP contribution is 2.16. The van der Waals surface area contributed by atoms with Gasteiger partial charge in [-0.05, 0) is 30.9 Å². The average Bonchev–Trinajstić information content (AvgIpc) is 2.54. The Hall–Kier alpha value is -1.88. The second-order valence-corrected chi connectivity index (χ2v) is 5.78. The fraction of sp³-hybridized carbons (Fsp3) is 0.529. The Balaban J connectivity index is 1.79. The van der Waals surface area contributed by atoms with Crippen molar-refractivity contribution in [2.45, 2.75) is 45.1 Å². The van der Waals surface area contributed by atoms with E-state index in [2.05, 4.69) is 12.2 Å². The molecular weight excluding hydrogens is 278 g/mol. The number of hydrogen-bond donors (Lipinski definition) is 2. The van der Waals surface area contributed by atoms with Crippen LogP contribution in [-0.2, 0) is 16.0 Å². The third-order valence-electron chi connectivity index (χ3n) is 4.13. The molecule has 0 aromatic heterocycles. The summed E-state index contributed by atoms with van der Waals surface area (Å²) in [6.07, 6.45) is 3.04. The molecule has 1 aromatic rings. The lowest BCUT2D eigenvalue weighted by Gasteiger charge is -2.30. The summed E-state index contributed by atoms with van der Waals surface area (Å²) in [5.41, 5.74) is 7.77. The van der Waals surface area contributed by atoms with Gasteiger partial charge in [0.2, 0.25) is 11.8 Å². The summed E-state index contributed by atoms with van der Waals surface area (Å²) in [4.78, 5) is 25.9. The number of nitrogens with one attached hydrogen (secondary N) is 1. The van der Waals surface area contributed by atoms with Crippen molar-refractivity contribution in [2.75, 3.05) is 18.4 Å². The van der Waals surface area contributed by atoms with Crippen LogP contribution in [0.15, 0.2) is 24.3 Å². The van der Waals surface area contributed by atoms with Crippen LogP contribution in [0.5, 0.6) is 0 Å². The molecule has 0 unspecified atom stereocenters. The zero-order chi connectivity index (χ0) is 15.9. The van der Waals surface area contributed by atoms with Crippen molar-refractivity contribution in [2.24, 2.45) is 5.73 Å². The number of piperidine rings is 1. The third-order valence-corrected chi connectivity index (χ3v) is 4.13. The number of para-hydroxylation sites is 1. The summed E-state index contributed by atoms with van der Waals surface area (Å²) in [7, 11) is 0. The van der Waals surface area contributed by atoms with Gasteiger partial charge in [-0.2, -0.15) is 0 Å². The van der Waals surface area contributed by atoms with Gasteiger partial charge in [-0.25, -0.2) is 0 Å². The van der Waals surface area contributed by atoms with E-state index in [9.17, 15) is 9.59 Å². The molecule has 1 aliphatic rings. The average molecular weight is 303 g/mol. The largest absolute Gasteiger partial charge is 0.343 e. The third kappa shape index (κ3) is 4.56. The minimum Gasteiger partial charge on any atom is -0.343 e. The molecule has 0 radical (unpaired) electrons. The smallest absolute Gasteiger partial charge is 0.224 e. The predicted octanol–water partition coefficient (Wildman–Crippen LogP) is 1.92. The van der Waals surface area contributed by atoms with E-state index in [4.69, 9.17) is 5.73 Å². The standard InChI is InChI=1S/C17H25N3O2/c1-2-13-5-3-4-6-15(13)19-16(21)7-8-17(22)20-11-9-14(18)10-12-20/h3-6,14H,2,7-12,18H2,1H3,(H,19,21). The number of benzene rings is 1. The molecule has 1 aromatic carbocycles. The Morgan fingerprint density at radius 2 is 1.91 bits per heavy atom. The summed E-state index contributed by atoms with van der Waals surface area (Å²) < 4.78 is 0. The summed E-state index contributed by atoms with van der Waals surface area (Å²) in [5.74, 6) is -0.0613. The molecule has 1 saturated heterocycles. The Kier molecular flexibility index (Phi) is 5.95. The van der Waals surface area contributed by atoms with Crippen LogP contribution in [0.2, 0.25) is 0 Å². The highest BCUT2D eigenvalue weighted by Gasteiger charge is 2.20. The number of rotatable bonds is 5. The van der Waals surface area contributed by atoms with Crippen molar-refractivity contribution in [1.82, 2.24) is 4.90 Å². The first-order chi connectivity index (χ1) is 10.6. The van der Waals surface area contributed by atoms with Crippen molar-refractivity contribution >= 4 is 17.5 Å². The zero-order valence-electron chi connectivity index (χ0n) is 13.2. The van der Waals surface area contributed by atoms with Crippen molar-refractivity contribution in [3.63, 3.8) is 0 Å². The normalized spacial score (nSPS) is 15.6. The monoisotopic (exact) mass is 303 g/mol. The SMILES string of the molecule is CCc1ccccc1NC(=O)CCC(=O)N1CCC(N)CC1. The van der Waals surface area contributed by atoms with Crippen LogP contribution in [0.1, 0.15) is 38.2 Å². The molecule has 1 aliphatic heterocycles. The van der Waals surface area contributed by atoms with Gasteiger partial charge in [0.25, 0.3) is 0 Å². The second-order valence-electron chi connectivity index (χ2n) is 5.78. The van der Waals surface area contributed by atoms with Gasteiger partial charge < -0.3 is 16.0 Å². The van der Waals surface area contributed by atoms with E-state index in [1.165, 1.54) is 0 Å². The number of nitrogens with zero attached hydrogens (tertiary/aromatic N) is 1. The lowest BCUT2D eigenvalue weighted by molar-refractivity contribution is -0.133. The molecule has 0 saturated carbocycles. The summed E-state index contributed by atoms with van der Waals surface area (Å²) >= 11 is 0. The molecule has 0 aliphatic carbocycles. The molecule has 0 spiro atoms. The van der Waals surface area contributed by atoms with Gasteiger partial charge in [0, 0.05) is 37.7 Å². The summed E-state index contributed by atoms with van der Waals surface area (Å²) in [6, 6.07) is 7.95. The molecule has 1 fully saturated rings. The lowest BCUT2D eigenvalue weighted by atomic mass is 10.1. The highest BCUT2D eigenvalue weighted by atomic mass is 16.2. The van der Waals surface area contributed by atoms with Gasteiger partial charge in [-0.3, -0.25) is 9.59 Å². The molecule has 5 nitrogen and oxygen atoms in total. The van der Waals surface area contributed by atoms with Crippen molar-refractivity contribution < 1.29 is 9.59 Å². The van der Waals surface area contributed by atoms with Crippen molar-refractivity contribution in [1.29, 1.82) is 0 Å². The Bertz CT molecular complexity index is 522. The maximum absolute atomic E-state index is 12.1. The van der Waals surface area contributed by atoms with Crippen LogP contribution < -0.4 is 11.1 Å². The van der Waals surface area contributed by atoms with Gasteiger partial charge in [-0.15, -0.1) is 0 Å². The van der Waals surface area contributed by atoms with E-state index < -0.39 is 0 Å². The van der Waals surface area contributed by atoms with Crippen LogP contribution >= 0.6 is 0 Å². The van der Waals surface area contributed by atoms with Crippen LogP contribution in [0, 0.1) is 0 Å². The molecule has 1 heterocycles. The van der Waals surface area contributed by atoms with E-state index in [1.807, 2.05) is 29.2 Å². The van der Waals surface area contributed by atoms with Crippen LogP contribution in [0.25, 0.3) is 0 Å². The van der Waals surface area contributed by atoms with Gasteiger partial charge in [-0.1, -0.05) is 25.1 Å². The van der Waals surface area contributed by atoms with Crippen LogP contribution in [-0.4, -0.2) is 35.8 Å². The first kappa shape index (κ1) is 16.5. The Morgan fingerprint density at radius 1 is 1.23 bits per heavy atom. The van der Waals surface area contributed by atoms with Crippen molar-refractivity contribution in [3.05, 3.63) is 29.8 Å². The van der Waals surface area contributed by atoms with Gasteiger partial charge >= 0.3 is 0 Å². The van der Waals surface area contributed by atoms with E-state index >= 15 is 0 Å². The van der Waals surface area contributed by atoms with Gasteiger partial charge in [0.05, 0.1) is 0 Å². The number of nitrogens with two attached hydrogens (primary N) is 1. The number of amides is 2. The predicted molar refractivity (Wildman–Crippen MR) is 87.5 cm³/mol. The minimum atomic E-state index is -0.108. The molecule has 5 heteroatoms. The minimum absolute atomic E-state index is 0.0471. The van der Waals surface area contributed by atoms with Crippen LogP contribution in [0.4, 0.5) is 5.69 Å². The number of carbonyl (C=O) groups excluding carboxylic acids is 2. The summed E-state index contributed by atoms with van der Waals surface area (Å²) in [5, 5.41) is 2.90. The van der Waals surface area contributed by atoms with E-state index in [-0.39, 0.29) is 30.7 Å². The van der Waals surface area contributed by atoms with E-state index in [0.717, 1.165) is 30.5 Å². The zero-order valence-corrected chi connectivity index (χ0v) is 13.2. The first-order valence-corrected chi connectivity index (χ1v) is 8.01. The number of carbonyl (C=O) groups is 2. The van der Waals surface area contributed by atoms with Crippen molar-refractivity contribution in [3.8, 4) is 0 Å². The fourth-order valence-corrected chi connectivity index (χ4v) is 2.69. The molecule has 2 rings (SSSR count). The first-order valence-electron chi connectivity index (χ1n) is 8.01. The topological polar surface area (TPSA) is 75.4 Å². The molecule has 22 heavy (non-hydrogen) atoms. The highest BCUT2D eigenvalue weighted by molar-refractivity contribution is 5.93. The molecule has 2 amide bonds. The second kappa shape index (κ2) is 7.94. The number of aryl methyl sites for hydroxylation is 1. The Morgan fingerprint density at radius 3 is 2.59 bits per heavy atom. The number of likely N-dealkylation sites (tertiary alicyclic amines) is 1. The van der Waals surface area contributed by atoms with Gasteiger partial charge in [0.15, 0.2) is 0 Å². The molecule has 0 bridgehead atoms. The molecular formula is C17H25N3O2. The Labute approximate surface area is 131 Å². The lowest BCUT2D eigenvalue weighted by Crippen LogP contribution is -2.43. The molecule has 3 N–H and O–H groups in total. The number of hydrogen-bond acceptors (Lipinski definition) is 3. The summed E-state index contributed by atoms with van der Waals surface area (Å²) in [6.45, 7) is 3.47. The molecule has 120 valence electrons. The molecule has 0 atom stereocenters. The maximum atomic E-state index is 12.1. The maximum Gasteiger partial charge on any atom is 0.224 e. The van der Waals surface area contributed by atoms with Gasteiger partial charge in [0.1, 0.15) is 0 Å². The van der Waals surface area contributed by atoms with E-state index in [1.54, 1.807) is 0 Å². The quantitative estimate of drug-likeness (QED) is 0.872. The fourth-order valence-electron chi connectivity index (χ4n) is 2.69. The van der Waals surface area contributed by atoms with Crippen LogP contribution in [0.3, 0.4) is 0 Å².